The summed E-state index contributed by atoms with van der Waals surface area (Å²) in [5.74, 6) is 0.0730. The van der Waals surface area contributed by atoms with E-state index in [9.17, 15) is 9.59 Å². The Balaban J connectivity index is 1.51. The van der Waals surface area contributed by atoms with Crippen LogP contribution in [0.4, 0.5) is 4.79 Å². The van der Waals surface area contributed by atoms with Crippen molar-refractivity contribution in [1.82, 2.24) is 4.90 Å². The number of amides is 1. The zero-order valence-electron chi connectivity index (χ0n) is 19.8. The number of ether oxygens (including phenoxy) is 3. The molecule has 33 heavy (non-hydrogen) atoms. The molecule has 176 valence electrons. The largest absolute Gasteiger partial charge is 0.489 e. The summed E-state index contributed by atoms with van der Waals surface area (Å²) < 4.78 is 16.8. The topological polar surface area (TPSA) is 65.1 Å². The van der Waals surface area contributed by atoms with Crippen LogP contribution in [0.3, 0.4) is 0 Å². The third kappa shape index (κ3) is 5.15. The van der Waals surface area contributed by atoms with Crippen molar-refractivity contribution < 1.29 is 23.8 Å². The normalized spacial score (nSPS) is 24.3. The predicted molar refractivity (Wildman–Crippen MR) is 125 cm³/mol. The van der Waals surface area contributed by atoms with Crippen LogP contribution in [-0.2, 0) is 20.9 Å². The summed E-state index contributed by atoms with van der Waals surface area (Å²) in [5, 5.41) is 0. The maximum atomic E-state index is 12.9. The number of piperidine rings is 1. The van der Waals surface area contributed by atoms with Gasteiger partial charge in [-0.15, -0.1) is 0 Å². The van der Waals surface area contributed by atoms with E-state index in [1.807, 2.05) is 75.4 Å². The SMILES string of the molecule is COC(=O)[C@@H]1[C@@H](c2ccc(OCc3ccccc3)cc2)C[C@@H]2CC[C@H]1N2C(=O)OC(C)(C)C. The van der Waals surface area contributed by atoms with Crippen LogP contribution >= 0.6 is 0 Å². The third-order valence-corrected chi connectivity index (χ3v) is 6.55. The average Bonchev–Trinajstić information content (AvgIpc) is 3.11. The van der Waals surface area contributed by atoms with Gasteiger partial charge in [0.05, 0.1) is 13.0 Å². The number of carbonyl (C=O) groups is 2. The molecule has 0 aromatic heterocycles. The molecule has 2 bridgehead atoms. The zero-order valence-corrected chi connectivity index (χ0v) is 19.8. The monoisotopic (exact) mass is 451 g/mol. The molecular weight excluding hydrogens is 418 g/mol. The number of carbonyl (C=O) groups excluding carboxylic acids is 2. The Labute approximate surface area is 195 Å². The van der Waals surface area contributed by atoms with Gasteiger partial charge >= 0.3 is 12.1 Å². The summed E-state index contributed by atoms with van der Waals surface area (Å²) in [6, 6.07) is 17.8. The number of methoxy groups -OCH3 is 1. The van der Waals surface area contributed by atoms with Crippen molar-refractivity contribution in [3.8, 4) is 5.75 Å². The van der Waals surface area contributed by atoms with Gasteiger partial charge in [-0.1, -0.05) is 42.5 Å². The molecule has 1 amide bonds. The van der Waals surface area contributed by atoms with Gasteiger partial charge in [0.2, 0.25) is 0 Å². The van der Waals surface area contributed by atoms with Gasteiger partial charge in [-0.05, 0) is 63.3 Å². The summed E-state index contributed by atoms with van der Waals surface area (Å²) in [5.41, 5.74) is 1.60. The molecule has 2 aliphatic heterocycles. The van der Waals surface area contributed by atoms with Gasteiger partial charge in [-0.2, -0.15) is 0 Å². The summed E-state index contributed by atoms with van der Waals surface area (Å²) in [6.45, 7) is 6.08. The highest BCUT2D eigenvalue weighted by molar-refractivity contribution is 5.78. The van der Waals surface area contributed by atoms with E-state index in [0.29, 0.717) is 13.0 Å². The molecule has 0 spiro atoms. The van der Waals surface area contributed by atoms with E-state index < -0.39 is 11.5 Å². The second-order valence-electron chi connectivity index (χ2n) is 9.92. The Morgan fingerprint density at radius 1 is 1.00 bits per heavy atom. The molecule has 6 nitrogen and oxygen atoms in total. The Hall–Kier alpha value is -3.02. The van der Waals surface area contributed by atoms with E-state index in [-0.39, 0.29) is 30.1 Å². The van der Waals surface area contributed by atoms with Gasteiger partial charge in [0.1, 0.15) is 18.0 Å². The molecule has 4 rings (SSSR count). The van der Waals surface area contributed by atoms with Crippen LogP contribution in [0.5, 0.6) is 5.75 Å². The zero-order chi connectivity index (χ0) is 23.6. The number of esters is 1. The quantitative estimate of drug-likeness (QED) is 0.577. The molecule has 2 heterocycles. The van der Waals surface area contributed by atoms with E-state index in [1.165, 1.54) is 7.11 Å². The van der Waals surface area contributed by atoms with Crippen LogP contribution < -0.4 is 4.74 Å². The second kappa shape index (κ2) is 9.46. The Morgan fingerprint density at radius 3 is 2.33 bits per heavy atom. The highest BCUT2D eigenvalue weighted by Gasteiger charge is 2.53. The standard InChI is InChI=1S/C27H33NO5/c1-27(2,3)33-26(30)28-20-12-15-23(28)24(25(29)31-4)22(16-20)19-10-13-21(14-11-19)32-17-18-8-6-5-7-9-18/h5-11,13-14,20,22-24H,12,15-17H2,1-4H3/t20-,22+,23+,24+/m0/s1. The maximum Gasteiger partial charge on any atom is 0.410 e. The lowest BCUT2D eigenvalue weighted by Gasteiger charge is -2.43. The van der Waals surface area contributed by atoms with Crippen LogP contribution in [0.1, 0.15) is 57.1 Å². The van der Waals surface area contributed by atoms with Crippen LogP contribution in [0, 0.1) is 5.92 Å². The highest BCUT2D eigenvalue weighted by Crippen LogP contribution is 2.48. The molecule has 2 aromatic carbocycles. The molecule has 0 unspecified atom stereocenters. The molecule has 0 aliphatic carbocycles. The Bertz CT molecular complexity index is 966. The predicted octanol–water partition coefficient (Wildman–Crippen LogP) is 5.31. The first-order valence-corrected chi connectivity index (χ1v) is 11.6. The fourth-order valence-electron chi connectivity index (χ4n) is 5.16. The van der Waals surface area contributed by atoms with Gasteiger partial charge in [-0.25, -0.2) is 4.79 Å². The molecule has 2 saturated heterocycles. The van der Waals surface area contributed by atoms with Crippen LogP contribution in [0.25, 0.3) is 0 Å². The Morgan fingerprint density at radius 2 is 1.70 bits per heavy atom. The van der Waals surface area contributed by atoms with Crippen molar-refractivity contribution in [1.29, 1.82) is 0 Å². The van der Waals surface area contributed by atoms with Crippen molar-refractivity contribution in [2.45, 2.75) is 70.2 Å². The summed E-state index contributed by atoms with van der Waals surface area (Å²) in [7, 11) is 1.42. The third-order valence-electron chi connectivity index (χ3n) is 6.55. The molecule has 0 N–H and O–H groups in total. The van der Waals surface area contributed by atoms with Crippen LogP contribution in [0.2, 0.25) is 0 Å². The number of hydrogen-bond donors (Lipinski definition) is 0. The average molecular weight is 452 g/mol. The molecule has 2 aliphatic rings. The van der Waals surface area contributed by atoms with E-state index in [4.69, 9.17) is 14.2 Å². The molecule has 4 atom stereocenters. The Kier molecular flexibility index (Phi) is 6.63. The number of fused-ring (bicyclic) bond motifs is 2. The minimum Gasteiger partial charge on any atom is -0.489 e. The number of benzene rings is 2. The smallest absolute Gasteiger partial charge is 0.410 e. The lowest BCUT2D eigenvalue weighted by molar-refractivity contribution is -0.150. The fraction of sp³-hybridized carbons (Fsp3) is 0.481. The van der Waals surface area contributed by atoms with Gasteiger partial charge in [0.25, 0.3) is 0 Å². The van der Waals surface area contributed by atoms with Crippen LogP contribution in [-0.4, -0.2) is 41.8 Å². The van der Waals surface area contributed by atoms with Gasteiger partial charge in [0.15, 0.2) is 0 Å². The van der Waals surface area contributed by atoms with Crippen LogP contribution in [0.15, 0.2) is 54.6 Å². The first kappa shape index (κ1) is 23.1. The first-order valence-electron chi connectivity index (χ1n) is 11.6. The van der Waals surface area contributed by atoms with E-state index in [1.54, 1.807) is 4.90 Å². The van der Waals surface area contributed by atoms with E-state index >= 15 is 0 Å². The van der Waals surface area contributed by atoms with Crippen molar-refractivity contribution in [2.75, 3.05) is 7.11 Å². The van der Waals surface area contributed by atoms with Crippen molar-refractivity contribution in [3.63, 3.8) is 0 Å². The number of hydrogen-bond acceptors (Lipinski definition) is 5. The number of rotatable bonds is 5. The minimum atomic E-state index is -0.580. The minimum absolute atomic E-state index is 0.0168. The van der Waals surface area contributed by atoms with E-state index in [0.717, 1.165) is 29.7 Å². The summed E-state index contributed by atoms with van der Waals surface area (Å²) in [4.78, 5) is 27.6. The van der Waals surface area contributed by atoms with Gasteiger partial charge in [-0.3, -0.25) is 4.79 Å². The lowest BCUT2D eigenvalue weighted by atomic mass is 9.76. The number of nitrogens with zero attached hydrogens (tertiary/aromatic N) is 1. The van der Waals surface area contributed by atoms with Gasteiger partial charge < -0.3 is 19.1 Å². The molecular formula is C27H33NO5. The molecule has 2 fully saturated rings. The summed E-state index contributed by atoms with van der Waals surface area (Å²) in [6.07, 6.45) is 2.01. The van der Waals surface area contributed by atoms with E-state index in [2.05, 4.69) is 0 Å². The van der Waals surface area contributed by atoms with Crippen molar-refractivity contribution in [2.24, 2.45) is 5.92 Å². The van der Waals surface area contributed by atoms with Crippen molar-refractivity contribution in [3.05, 3.63) is 65.7 Å². The summed E-state index contributed by atoms with van der Waals surface area (Å²) >= 11 is 0. The van der Waals surface area contributed by atoms with Crippen molar-refractivity contribution >= 4 is 12.1 Å². The molecule has 2 aromatic rings. The molecule has 0 saturated carbocycles. The molecule has 0 radical (unpaired) electrons. The first-order chi connectivity index (χ1) is 15.8. The second-order valence-corrected chi connectivity index (χ2v) is 9.92. The molecule has 6 heteroatoms. The van der Waals surface area contributed by atoms with Gasteiger partial charge in [0, 0.05) is 18.0 Å². The highest BCUT2D eigenvalue weighted by atomic mass is 16.6. The maximum absolute atomic E-state index is 12.9. The fourth-order valence-corrected chi connectivity index (χ4v) is 5.16. The lowest BCUT2D eigenvalue weighted by Crippen LogP contribution is -2.54.